The van der Waals surface area contributed by atoms with Crippen LogP contribution >= 0.6 is 0 Å². The van der Waals surface area contributed by atoms with Crippen molar-refractivity contribution in [3.8, 4) is 11.4 Å². The molecule has 29 heavy (non-hydrogen) atoms. The van der Waals surface area contributed by atoms with Gasteiger partial charge in [0.25, 0.3) is 0 Å². The second-order valence-corrected chi connectivity index (χ2v) is 6.38. The molecule has 142 valence electrons. The largest absolute Gasteiger partial charge is 0.497 e. The molecule has 0 aliphatic carbocycles. The van der Waals surface area contributed by atoms with E-state index in [9.17, 15) is 0 Å². The van der Waals surface area contributed by atoms with E-state index >= 15 is 0 Å². The molecule has 0 radical (unpaired) electrons. The second kappa shape index (κ2) is 7.08. The van der Waals surface area contributed by atoms with Gasteiger partial charge in [-0.1, -0.05) is 24.3 Å². The van der Waals surface area contributed by atoms with Gasteiger partial charge in [0.1, 0.15) is 12.1 Å². The summed E-state index contributed by atoms with van der Waals surface area (Å²) < 4.78 is 7.04. The van der Waals surface area contributed by atoms with Crippen molar-refractivity contribution < 1.29 is 4.74 Å². The minimum Gasteiger partial charge on any atom is -0.497 e. The molecule has 0 amide bonds. The van der Waals surface area contributed by atoms with Gasteiger partial charge in [0.2, 0.25) is 0 Å². The minimum absolute atomic E-state index is 0.584. The topological polar surface area (TPSA) is 93.0 Å². The summed E-state index contributed by atoms with van der Waals surface area (Å²) in [6, 6.07) is 15.7. The molecule has 5 rings (SSSR count). The Morgan fingerprint density at radius 3 is 2.97 bits per heavy atom. The molecule has 0 unspecified atom stereocenters. The highest BCUT2D eigenvalue weighted by Crippen LogP contribution is 2.23. The summed E-state index contributed by atoms with van der Waals surface area (Å²) in [6.45, 7) is 0. The number of benzene rings is 2. The molecular formula is C21H17N7O. The van der Waals surface area contributed by atoms with Crippen molar-refractivity contribution in [3.63, 3.8) is 0 Å². The fourth-order valence-corrected chi connectivity index (χ4v) is 3.23. The van der Waals surface area contributed by atoms with Gasteiger partial charge in [0, 0.05) is 28.7 Å². The molecule has 0 saturated carbocycles. The Labute approximate surface area is 165 Å². The maximum absolute atomic E-state index is 5.30. The number of aromatic nitrogens is 5. The van der Waals surface area contributed by atoms with E-state index < -0.39 is 0 Å². The highest BCUT2D eigenvalue weighted by molar-refractivity contribution is 5.99. The number of aromatic amines is 1. The van der Waals surface area contributed by atoms with Crippen LogP contribution in [0.5, 0.6) is 5.75 Å². The van der Waals surface area contributed by atoms with Gasteiger partial charge in [-0.15, -0.1) is 0 Å². The van der Waals surface area contributed by atoms with Crippen molar-refractivity contribution in [2.45, 2.75) is 0 Å². The number of hydrogen-bond acceptors (Lipinski definition) is 6. The van der Waals surface area contributed by atoms with E-state index in [0.29, 0.717) is 11.5 Å². The quantitative estimate of drug-likeness (QED) is 0.356. The lowest BCUT2D eigenvalue weighted by Gasteiger charge is -2.06. The molecule has 0 bridgehead atoms. The molecule has 3 aromatic heterocycles. The highest BCUT2D eigenvalue weighted by atomic mass is 16.5. The standard InChI is InChI=1S/C21H17N7O/c1-29-16-6-4-5-15(9-16)28-21-18(12-26-28)20(23-13-24-21)27-25-11-14-10-22-19-8-3-2-7-17(14)19/h2-13,22H,1H3,(H,23,24,27). The van der Waals surface area contributed by atoms with Crippen LogP contribution in [0.1, 0.15) is 5.56 Å². The average molecular weight is 383 g/mol. The lowest BCUT2D eigenvalue weighted by molar-refractivity contribution is 0.414. The molecule has 2 N–H and O–H groups in total. The molecule has 0 aliphatic rings. The van der Waals surface area contributed by atoms with Gasteiger partial charge in [-0.25, -0.2) is 14.6 Å². The third-order valence-electron chi connectivity index (χ3n) is 4.66. The van der Waals surface area contributed by atoms with E-state index in [1.165, 1.54) is 6.33 Å². The summed E-state index contributed by atoms with van der Waals surface area (Å²) in [7, 11) is 1.64. The maximum atomic E-state index is 5.30. The Bertz CT molecular complexity index is 1340. The van der Waals surface area contributed by atoms with Crippen LogP contribution in [0.25, 0.3) is 27.6 Å². The summed E-state index contributed by atoms with van der Waals surface area (Å²) in [6.07, 6.45) is 6.90. The molecule has 0 spiro atoms. The summed E-state index contributed by atoms with van der Waals surface area (Å²) in [5, 5.41) is 10.7. The average Bonchev–Trinajstić information content (AvgIpc) is 3.39. The fraction of sp³-hybridized carbons (Fsp3) is 0.0476. The van der Waals surface area contributed by atoms with Crippen LogP contribution in [-0.4, -0.2) is 38.1 Å². The van der Waals surface area contributed by atoms with Crippen molar-refractivity contribution in [1.29, 1.82) is 0 Å². The van der Waals surface area contributed by atoms with E-state index in [1.54, 1.807) is 24.2 Å². The molecule has 0 atom stereocenters. The lowest BCUT2D eigenvalue weighted by atomic mass is 10.2. The number of methoxy groups -OCH3 is 1. The van der Waals surface area contributed by atoms with Crippen LogP contribution in [0.2, 0.25) is 0 Å². The molecule has 0 aliphatic heterocycles. The smallest absolute Gasteiger partial charge is 0.168 e. The molecule has 5 aromatic rings. The van der Waals surface area contributed by atoms with Gasteiger partial charge < -0.3 is 9.72 Å². The number of fused-ring (bicyclic) bond motifs is 2. The molecule has 0 fully saturated rings. The van der Waals surface area contributed by atoms with Crippen molar-refractivity contribution >= 4 is 34.0 Å². The van der Waals surface area contributed by atoms with Gasteiger partial charge >= 0.3 is 0 Å². The summed E-state index contributed by atoms with van der Waals surface area (Å²) in [5.41, 5.74) is 6.59. The monoisotopic (exact) mass is 383 g/mol. The van der Waals surface area contributed by atoms with Crippen molar-refractivity contribution in [1.82, 2.24) is 24.7 Å². The van der Waals surface area contributed by atoms with E-state index in [0.717, 1.165) is 33.3 Å². The first kappa shape index (κ1) is 16.9. The number of hydrazone groups is 1. The van der Waals surface area contributed by atoms with E-state index in [1.807, 2.05) is 54.7 Å². The first-order valence-corrected chi connectivity index (χ1v) is 9.02. The molecule has 8 nitrogen and oxygen atoms in total. The number of H-pyrrole nitrogens is 1. The normalized spacial score (nSPS) is 11.5. The van der Waals surface area contributed by atoms with Crippen LogP contribution in [0, 0.1) is 0 Å². The Hall–Kier alpha value is -4.20. The fourth-order valence-electron chi connectivity index (χ4n) is 3.23. The Kier molecular flexibility index (Phi) is 4.14. The SMILES string of the molecule is COc1cccc(-n2ncc3c(NN=Cc4c[nH]c5ccccc45)ncnc32)c1. The first-order chi connectivity index (χ1) is 14.3. The van der Waals surface area contributed by atoms with Crippen molar-refractivity contribution in [2.75, 3.05) is 12.5 Å². The molecule has 2 aromatic carbocycles. The van der Waals surface area contributed by atoms with Crippen molar-refractivity contribution in [2.24, 2.45) is 5.10 Å². The molecule has 3 heterocycles. The van der Waals surface area contributed by atoms with Crippen molar-refractivity contribution in [3.05, 3.63) is 72.8 Å². The van der Waals surface area contributed by atoms with Crippen LogP contribution in [0.3, 0.4) is 0 Å². The Balaban J connectivity index is 1.46. The Morgan fingerprint density at radius 2 is 2.03 bits per heavy atom. The van der Waals surface area contributed by atoms with Gasteiger partial charge in [-0.2, -0.15) is 10.2 Å². The number of rotatable bonds is 5. The van der Waals surface area contributed by atoms with Gasteiger partial charge in [-0.05, 0) is 18.2 Å². The maximum Gasteiger partial charge on any atom is 0.168 e. The molecule has 0 saturated heterocycles. The van der Waals surface area contributed by atoms with E-state index in [-0.39, 0.29) is 0 Å². The van der Waals surface area contributed by atoms with Crippen LogP contribution in [0.15, 0.2) is 72.4 Å². The van der Waals surface area contributed by atoms with Crippen LogP contribution < -0.4 is 10.2 Å². The highest BCUT2D eigenvalue weighted by Gasteiger charge is 2.11. The number of nitrogens with zero attached hydrogens (tertiary/aromatic N) is 5. The summed E-state index contributed by atoms with van der Waals surface area (Å²) in [5.74, 6) is 1.34. The molecular weight excluding hydrogens is 366 g/mol. The van der Waals surface area contributed by atoms with Gasteiger partial charge in [0.05, 0.1) is 30.6 Å². The second-order valence-electron chi connectivity index (χ2n) is 6.38. The zero-order valence-electron chi connectivity index (χ0n) is 15.6. The number of nitrogens with one attached hydrogen (secondary N) is 2. The number of anilines is 1. The number of para-hydroxylation sites is 1. The lowest BCUT2D eigenvalue weighted by Crippen LogP contribution is -2.00. The van der Waals surface area contributed by atoms with Gasteiger partial charge in [-0.3, -0.25) is 5.43 Å². The minimum atomic E-state index is 0.584. The third-order valence-corrected chi connectivity index (χ3v) is 4.66. The number of hydrogen-bond donors (Lipinski definition) is 2. The van der Waals surface area contributed by atoms with E-state index in [2.05, 4.69) is 30.6 Å². The predicted molar refractivity (Wildman–Crippen MR) is 113 cm³/mol. The summed E-state index contributed by atoms with van der Waals surface area (Å²) >= 11 is 0. The van der Waals surface area contributed by atoms with Crippen LogP contribution in [-0.2, 0) is 0 Å². The number of ether oxygens (including phenoxy) is 1. The van der Waals surface area contributed by atoms with Crippen LogP contribution in [0.4, 0.5) is 5.82 Å². The van der Waals surface area contributed by atoms with Gasteiger partial charge in [0.15, 0.2) is 11.5 Å². The zero-order chi connectivity index (χ0) is 19.6. The molecule has 8 heteroatoms. The first-order valence-electron chi connectivity index (χ1n) is 9.02. The Morgan fingerprint density at radius 1 is 1.10 bits per heavy atom. The predicted octanol–water partition coefficient (Wildman–Crippen LogP) is 3.75. The third kappa shape index (κ3) is 3.06. The van der Waals surface area contributed by atoms with E-state index in [4.69, 9.17) is 4.74 Å². The summed E-state index contributed by atoms with van der Waals surface area (Å²) in [4.78, 5) is 11.9. The zero-order valence-corrected chi connectivity index (χ0v) is 15.6.